The zero-order valence-corrected chi connectivity index (χ0v) is 12.2. The summed E-state index contributed by atoms with van der Waals surface area (Å²) in [6, 6.07) is 7.59. The van der Waals surface area contributed by atoms with Gasteiger partial charge < -0.3 is 0 Å². The number of hydrogen-bond donors (Lipinski definition) is 1. The second-order valence-corrected chi connectivity index (χ2v) is 6.39. The summed E-state index contributed by atoms with van der Waals surface area (Å²) < 4.78 is 26.7. The summed E-state index contributed by atoms with van der Waals surface area (Å²) in [7, 11) is -3.78. The highest BCUT2D eigenvalue weighted by Crippen LogP contribution is 2.26. The Morgan fingerprint density at radius 2 is 1.89 bits per heavy atom. The van der Waals surface area contributed by atoms with Crippen LogP contribution in [-0.2, 0) is 10.0 Å². The number of nitrogens with one attached hydrogen (secondary N) is 1. The highest BCUT2D eigenvalue weighted by atomic mass is 35.5. The number of aromatic nitrogens is 1. The number of anilines is 1. The van der Waals surface area contributed by atoms with Crippen LogP contribution in [0.15, 0.2) is 41.4 Å². The third-order valence-corrected chi connectivity index (χ3v) is 4.41. The fourth-order valence-electron chi connectivity index (χ4n) is 1.48. The van der Waals surface area contributed by atoms with Crippen molar-refractivity contribution in [3.8, 4) is 0 Å². The summed E-state index contributed by atoms with van der Waals surface area (Å²) in [6.07, 6.45) is 1.52. The Balaban J connectivity index is 2.38. The molecule has 0 bridgehead atoms. The molecule has 1 aromatic heterocycles. The molecule has 0 aliphatic rings. The van der Waals surface area contributed by atoms with E-state index in [-0.39, 0.29) is 15.7 Å². The Labute approximate surface area is 121 Å². The predicted octanol–water partition coefficient (Wildman–Crippen LogP) is 3.50. The van der Waals surface area contributed by atoms with Crippen molar-refractivity contribution in [3.05, 3.63) is 52.1 Å². The molecule has 0 atom stereocenters. The van der Waals surface area contributed by atoms with Crippen molar-refractivity contribution in [2.45, 2.75) is 11.8 Å². The van der Waals surface area contributed by atoms with Crippen molar-refractivity contribution in [1.29, 1.82) is 0 Å². The first-order chi connectivity index (χ1) is 8.88. The average Bonchev–Trinajstić information content (AvgIpc) is 2.27. The lowest BCUT2D eigenvalue weighted by Crippen LogP contribution is -2.14. The molecule has 0 saturated carbocycles. The number of rotatable bonds is 3. The van der Waals surface area contributed by atoms with Crippen molar-refractivity contribution in [1.82, 2.24) is 4.98 Å². The summed E-state index contributed by atoms with van der Waals surface area (Å²) in [4.78, 5) is 3.90. The number of sulfonamides is 1. The molecule has 0 spiro atoms. The first-order valence-electron chi connectivity index (χ1n) is 5.29. The van der Waals surface area contributed by atoms with Crippen LogP contribution in [0.5, 0.6) is 0 Å². The predicted molar refractivity (Wildman–Crippen MR) is 76.2 cm³/mol. The van der Waals surface area contributed by atoms with Crippen LogP contribution in [0.3, 0.4) is 0 Å². The zero-order valence-electron chi connectivity index (χ0n) is 9.89. The van der Waals surface area contributed by atoms with E-state index in [0.29, 0.717) is 5.02 Å². The number of halogens is 2. The van der Waals surface area contributed by atoms with Gasteiger partial charge in [-0.25, -0.2) is 13.4 Å². The van der Waals surface area contributed by atoms with Gasteiger partial charge in [0.15, 0.2) is 0 Å². The van der Waals surface area contributed by atoms with E-state index < -0.39 is 10.0 Å². The van der Waals surface area contributed by atoms with Gasteiger partial charge in [-0.3, -0.25) is 4.72 Å². The first-order valence-corrected chi connectivity index (χ1v) is 7.53. The fourth-order valence-corrected chi connectivity index (χ4v) is 3.25. The van der Waals surface area contributed by atoms with E-state index in [0.717, 1.165) is 5.56 Å². The van der Waals surface area contributed by atoms with E-state index in [4.69, 9.17) is 23.2 Å². The molecule has 1 aromatic carbocycles. The van der Waals surface area contributed by atoms with Gasteiger partial charge in [-0.2, -0.15) is 0 Å². The Morgan fingerprint density at radius 1 is 1.16 bits per heavy atom. The maximum atomic E-state index is 12.2. The SMILES string of the molecule is Cc1ccnc(NS(=O)(=O)c2ccc(Cl)cc2Cl)c1. The number of aryl methyl sites for hydroxylation is 1. The van der Waals surface area contributed by atoms with Crippen molar-refractivity contribution in [2.75, 3.05) is 4.72 Å². The minimum absolute atomic E-state index is 0.0399. The third-order valence-electron chi connectivity index (χ3n) is 2.34. The van der Waals surface area contributed by atoms with Gasteiger partial charge in [-0.1, -0.05) is 23.2 Å². The monoisotopic (exact) mass is 316 g/mol. The van der Waals surface area contributed by atoms with Crippen LogP contribution in [0.2, 0.25) is 10.0 Å². The van der Waals surface area contributed by atoms with Gasteiger partial charge in [0.1, 0.15) is 10.7 Å². The van der Waals surface area contributed by atoms with Gasteiger partial charge >= 0.3 is 0 Å². The van der Waals surface area contributed by atoms with E-state index >= 15 is 0 Å². The second-order valence-electron chi connectivity index (χ2n) is 3.90. The van der Waals surface area contributed by atoms with Crippen LogP contribution < -0.4 is 4.72 Å². The quantitative estimate of drug-likeness (QED) is 0.942. The zero-order chi connectivity index (χ0) is 14.0. The third kappa shape index (κ3) is 3.37. The smallest absolute Gasteiger partial charge is 0.263 e. The van der Waals surface area contributed by atoms with Crippen molar-refractivity contribution >= 4 is 39.0 Å². The summed E-state index contributed by atoms with van der Waals surface area (Å²) in [5.41, 5.74) is 0.898. The van der Waals surface area contributed by atoms with Gasteiger partial charge in [-0.05, 0) is 42.8 Å². The van der Waals surface area contributed by atoms with Crippen LogP contribution in [-0.4, -0.2) is 13.4 Å². The Kier molecular flexibility index (Phi) is 3.99. The van der Waals surface area contributed by atoms with E-state index in [1.54, 1.807) is 12.1 Å². The number of nitrogens with zero attached hydrogens (tertiary/aromatic N) is 1. The topological polar surface area (TPSA) is 59.1 Å². The molecule has 0 saturated heterocycles. The number of pyridine rings is 1. The lowest BCUT2D eigenvalue weighted by Gasteiger charge is -2.09. The molecule has 4 nitrogen and oxygen atoms in total. The average molecular weight is 317 g/mol. The lowest BCUT2D eigenvalue weighted by molar-refractivity contribution is 0.601. The Morgan fingerprint density at radius 3 is 2.53 bits per heavy atom. The van der Waals surface area contributed by atoms with Gasteiger partial charge in [-0.15, -0.1) is 0 Å². The maximum Gasteiger partial charge on any atom is 0.264 e. The van der Waals surface area contributed by atoms with Gasteiger partial charge in [0, 0.05) is 11.2 Å². The number of hydrogen-bond acceptors (Lipinski definition) is 3. The van der Waals surface area contributed by atoms with Crippen molar-refractivity contribution in [3.63, 3.8) is 0 Å². The molecular weight excluding hydrogens is 307 g/mol. The standard InChI is InChI=1S/C12H10Cl2N2O2S/c1-8-4-5-15-12(6-8)16-19(17,18)11-3-2-9(13)7-10(11)14/h2-7H,1H3,(H,15,16). The Hall–Kier alpha value is -1.30. The summed E-state index contributed by atoms with van der Waals surface area (Å²) >= 11 is 11.6. The van der Waals surface area contributed by atoms with E-state index in [1.165, 1.54) is 24.4 Å². The molecule has 0 amide bonds. The minimum Gasteiger partial charge on any atom is -0.263 e. The summed E-state index contributed by atoms with van der Waals surface area (Å²) in [5, 5.41) is 0.435. The highest BCUT2D eigenvalue weighted by Gasteiger charge is 2.18. The summed E-state index contributed by atoms with van der Waals surface area (Å²) in [5.74, 6) is 0.242. The van der Waals surface area contributed by atoms with Crippen LogP contribution in [0, 0.1) is 6.92 Å². The largest absolute Gasteiger partial charge is 0.264 e. The minimum atomic E-state index is -3.78. The second kappa shape index (κ2) is 5.36. The normalized spacial score (nSPS) is 11.3. The van der Waals surface area contributed by atoms with Crippen LogP contribution in [0.4, 0.5) is 5.82 Å². The molecule has 2 aromatic rings. The molecule has 2 rings (SSSR count). The highest BCUT2D eigenvalue weighted by molar-refractivity contribution is 7.92. The van der Waals surface area contributed by atoms with Crippen LogP contribution in [0.25, 0.3) is 0 Å². The molecule has 100 valence electrons. The summed E-state index contributed by atoms with van der Waals surface area (Å²) in [6.45, 7) is 1.84. The molecule has 0 aliphatic carbocycles. The molecule has 0 radical (unpaired) electrons. The van der Waals surface area contributed by atoms with Gasteiger partial charge in [0.2, 0.25) is 0 Å². The molecule has 7 heteroatoms. The molecule has 1 N–H and O–H groups in total. The van der Waals surface area contributed by atoms with Crippen molar-refractivity contribution in [2.24, 2.45) is 0 Å². The Bertz CT molecular complexity index is 717. The maximum absolute atomic E-state index is 12.2. The molecule has 0 unspecified atom stereocenters. The number of benzene rings is 1. The van der Waals surface area contributed by atoms with E-state index in [9.17, 15) is 8.42 Å². The van der Waals surface area contributed by atoms with E-state index in [1.807, 2.05) is 6.92 Å². The van der Waals surface area contributed by atoms with Crippen LogP contribution >= 0.6 is 23.2 Å². The molecule has 19 heavy (non-hydrogen) atoms. The van der Waals surface area contributed by atoms with Crippen LogP contribution in [0.1, 0.15) is 5.56 Å². The first kappa shape index (κ1) is 14.1. The lowest BCUT2D eigenvalue weighted by atomic mass is 10.3. The molecule has 0 aliphatic heterocycles. The fraction of sp³-hybridized carbons (Fsp3) is 0.0833. The van der Waals surface area contributed by atoms with Gasteiger partial charge in [0.05, 0.1) is 5.02 Å². The molecular formula is C12H10Cl2N2O2S. The van der Waals surface area contributed by atoms with Gasteiger partial charge in [0.25, 0.3) is 10.0 Å². The van der Waals surface area contributed by atoms with E-state index in [2.05, 4.69) is 9.71 Å². The molecule has 1 heterocycles. The van der Waals surface area contributed by atoms with Crippen molar-refractivity contribution < 1.29 is 8.42 Å². The molecule has 0 fully saturated rings.